The van der Waals surface area contributed by atoms with E-state index >= 15 is 0 Å². The van der Waals surface area contributed by atoms with Crippen LogP contribution in [0.25, 0.3) is 0 Å². The van der Waals surface area contributed by atoms with Gasteiger partial charge < -0.3 is 15.5 Å². The lowest BCUT2D eigenvalue weighted by molar-refractivity contribution is -0.119. The molecule has 0 aromatic carbocycles. The molecule has 4 heterocycles. The highest BCUT2D eigenvalue weighted by Gasteiger charge is 2.33. The molecule has 1 aliphatic carbocycles. The molecule has 0 radical (unpaired) electrons. The zero-order chi connectivity index (χ0) is 22.8. The number of rotatable bonds is 6. The second-order valence-corrected chi connectivity index (χ2v) is 9.70. The molecule has 1 saturated heterocycles. The lowest BCUT2D eigenvalue weighted by atomic mass is 9.88. The highest BCUT2D eigenvalue weighted by atomic mass is 16.2. The predicted molar refractivity (Wildman–Crippen MR) is 129 cm³/mol. The Labute approximate surface area is 195 Å². The number of hydrogen-bond acceptors (Lipinski definition) is 6. The SMILES string of the molecule is CCC1=CC2N=CC(CN3CCN(c4ccc(C(=O)NC5CCC5)nc4)CC3)CC2NC1=O. The maximum absolute atomic E-state index is 12.3. The molecule has 1 aromatic rings. The van der Waals surface area contributed by atoms with Crippen LogP contribution in [0.5, 0.6) is 0 Å². The van der Waals surface area contributed by atoms with Gasteiger partial charge in [-0.3, -0.25) is 19.5 Å². The van der Waals surface area contributed by atoms with E-state index in [9.17, 15) is 9.59 Å². The molecular weight excluding hydrogens is 416 g/mol. The summed E-state index contributed by atoms with van der Waals surface area (Å²) in [7, 11) is 0. The molecule has 3 aliphatic heterocycles. The molecule has 0 bridgehead atoms. The van der Waals surface area contributed by atoms with Crippen LogP contribution in [0.3, 0.4) is 0 Å². The first-order valence-corrected chi connectivity index (χ1v) is 12.4. The standard InChI is InChI=1S/C25H34N6O2/c1-2-18-13-22-23(29-24(18)32)12-17(14-26-22)16-30-8-10-31(11-9-30)20-6-7-21(27-15-20)25(33)28-19-4-3-5-19/h6-7,13-15,17,19,22-23H,2-5,8-12,16H2,1H3,(H,28,33)(H,29,32). The minimum Gasteiger partial charge on any atom is -0.368 e. The van der Waals surface area contributed by atoms with Gasteiger partial charge in [-0.1, -0.05) is 6.92 Å². The maximum atomic E-state index is 12.3. The summed E-state index contributed by atoms with van der Waals surface area (Å²) in [6.07, 6.45) is 11.0. The first-order chi connectivity index (χ1) is 16.1. The molecule has 33 heavy (non-hydrogen) atoms. The van der Waals surface area contributed by atoms with Crippen molar-refractivity contribution in [1.82, 2.24) is 20.5 Å². The highest BCUT2D eigenvalue weighted by molar-refractivity contribution is 5.95. The average molecular weight is 451 g/mol. The van der Waals surface area contributed by atoms with Crippen molar-refractivity contribution in [1.29, 1.82) is 0 Å². The third-order valence-electron chi connectivity index (χ3n) is 7.45. The third-order valence-corrected chi connectivity index (χ3v) is 7.45. The van der Waals surface area contributed by atoms with Gasteiger partial charge in [-0.25, -0.2) is 4.98 Å². The molecule has 1 aromatic heterocycles. The molecule has 2 N–H and O–H groups in total. The second-order valence-electron chi connectivity index (χ2n) is 9.70. The molecule has 2 amide bonds. The Morgan fingerprint density at radius 3 is 2.70 bits per heavy atom. The van der Waals surface area contributed by atoms with E-state index in [2.05, 4.69) is 31.6 Å². The monoisotopic (exact) mass is 450 g/mol. The van der Waals surface area contributed by atoms with E-state index in [1.165, 1.54) is 6.42 Å². The van der Waals surface area contributed by atoms with Crippen LogP contribution >= 0.6 is 0 Å². The Morgan fingerprint density at radius 2 is 2.03 bits per heavy atom. The van der Waals surface area contributed by atoms with Gasteiger partial charge in [-0.15, -0.1) is 0 Å². The minimum atomic E-state index is -0.0666. The summed E-state index contributed by atoms with van der Waals surface area (Å²) in [5.41, 5.74) is 2.42. The largest absolute Gasteiger partial charge is 0.368 e. The molecule has 3 atom stereocenters. The van der Waals surface area contributed by atoms with Crippen LogP contribution in [0, 0.1) is 5.92 Å². The van der Waals surface area contributed by atoms with E-state index in [0.29, 0.717) is 17.7 Å². The minimum absolute atomic E-state index is 0.0666. The van der Waals surface area contributed by atoms with Crippen LogP contribution in [0.1, 0.15) is 49.5 Å². The summed E-state index contributed by atoms with van der Waals surface area (Å²) in [5.74, 6) is 0.371. The van der Waals surface area contributed by atoms with Gasteiger partial charge >= 0.3 is 0 Å². The van der Waals surface area contributed by atoms with E-state index in [4.69, 9.17) is 4.99 Å². The molecule has 8 heteroatoms. The average Bonchev–Trinajstić information content (AvgIpc) is 2.81. The van der Waals surface area contributed by atoms with Crippen LogP contribution in [-0.4, -0.2) is 78.8 Å². The fourth-order valence-electron chi connectivity index (χ4n) is 5.14. The summed E-state index contributed by atoms with van der Waals surface area (Å²) >= 11 is 0. The summed E-state index contributed by atoms with van der Waals surface area (Å²) < 4.78 is 0. The number of piperazine rings is 1. The number of pyridine rings is 1. The van der Waals surface area contributed by atoms with Crippen LogP contribution in [0.4, 0.5) is 5.69 Å². The molecule has 3 unspecified atom stereocenters. The normalized spacial score (nSPS) is 27.9. The summed E-state index contributed by atoms with van der Waals surface area (Å²) in [4.78, 5) is 38.4. The fourth-order valence-corrected chi connectivity index (χ4v) is 5.14. The first kappa shape index (κ1) is 22.1. The molecule has 176 valence electrons. The van der Waals surface area contributed by atoms with Crippen molar-refractivity contribution in [2.45, 2.75) is 57.2 Å². The van der Waals surface area contributed by atoms with Crippen molar-refractivity contribution in [3.8, 4) is 0 Å². The number of nitrogens with zero attached hydrogens (tertiary/aromatic N) is 4. The van der Waals surface area contributed by atoms with Crippen molar-refractivity contribution in [3.05, 3.63) is 35.7 Å². The number of aromatic nitrogens is 1. The Hall–Kier alpha value is -2.74. The van der Waals surface area contributed by atoms with Crippen molar-refractivity contribution < 1.29 is 9.59 Å². The second kappa shape index (κ2) is 9.63. The van der Waals surface area contributed by atoms with E-state index in [1.54, 1.807) is 0 Å². The van der Waals surface area contributed by atoms with Crippen molar-refractivity contribution in [2.75, 3.05) is 37.6 Å². The Kier molecular flexibility index (Phi) is 6.44. The predicted octanol–water partition coefficient (Wildman–Crippen LogP) is 1.78. The quantitative estimate of drug-likeness (QED) is 0.690. The Balaban J connectivity index is 1.10. The number of aliphatic imine (C=N–C) groups is 1. The summed E-state index contributed by atoms with van der Waals surface area (Å²) in [5, 5.41) is 6.20. The molecule has 0 spiro atoms. The zero-order valence-electron chi connectivity index (χ0n) is 19.4. The van der Waals surface area contributed by atoms with E-state index < -0.39 is 0 Å². The number of hydrogen-bond donors (Lipinski definition) is 2. The third kappa shape index (κ3) is 4.95. The molecule has 8 nitrogen and oxygen atoms in total. The fraction of sp³-hybridized carbons (Fsp3) is 0.600. The molecule has 1 saturated carbocycles. The van der Waals surface area contributed by atoms with Gasteiger partial charge in [0.2, 0.25) is 5.91 Å². The number of amides is 2. The van der Waals surface area contributed by atoms with Gasteiger partial charge in [-0.2, -0.15) is 0 Å². The summed E-state index contributed by atoms with van der Waals surface area (Å²) in [6, 6.07) is 4.39. The van der Waals surface area contributed by atoms with Gasteiger partial charge in [0, 0.05) is 56.5 Å². The van der Waals surface area contributed by atoms with E-state index in [1.807, 2.05) is 31.3 Å². The lowest BCUT2D eigenvalue weighted by Crippen LogP contribution is -2.52. The number of nitrogens with one attached hydrogen (secondary N) is 2. The van der Waals surface area contributed by atoms with Crippen LogP contribution in [0.15, 0.2) is 35.0 Å². The number of fused-ring (bicyclic) bond motifs is 1. The molecule has 5 rings (SSSR count). The first-order valence-electron chi connectivity index (χ1n) is 12.4. The van der Waals surface area contributed by atoms with E-state index in [-0.39, 0.29) is 23.9 Å². The molecule has 2 fully saturated rings. The summed E-state index contributed by atoms with van der Waals surface area (Å²) in [6.45, 7) is 6.82. The van der Waals surface area contributed by atoms with Gasteiger partial charge in [-0.05, 0) is 50.3 Å². The highest BCUT2D eigenvalue weighted by Crippen LogP contribution is 2.25. The Bertz CT molecular complexity index is 931. The van der Waals surface area contributed by atoms with Crippen molar-refractivity contribution in [2.24, 2.45) is 10.9 Å². The lowest BCUT2D eigenvalue weighted by Gasteiger charge is -2.39. The number of carbonyl (C=O) groups is 2. The van der Waals surface area contributed by atoms with Crippen LogP contribution in [-0.2, 0) is 4.79 Å². The number of carbonyl (C=O) groups excluding carboxylic acids is 2. The molecular formula is C25H34N6O2. The topological polar surface area (TPSA) is 89.9 Å². The van der Waals surface area contributed by atoms with Crippen LogP contribution in [0.2, 0.25) is 0 Å². The van der Waals surface area contributed by atoms with Crippen LogP contribution < -0.4 is 15.5 Å². The Morgan fingerprint density at radius 1 is 1.21 bits per heavy atom. The maximum Gasteiger partial charge on any atom is 0.270 e. The van der Waals surface area contributed by atoms with Gasteiger partial charge in [0.25, 0.3) is 5.91 Å². The number of anilines is 1. The van der Waals surface area contributed by atoms with E-state index in [0.717, 1.165) is 69.7 Å². The molecule has 4 aliphatic rings. The zero-order valence-corrected chi connectivity index (χ0v) is 19.4. The van der Waals surface area contributed by atoms with Gasteiger partial charge in [0.15, 0.2) is 0 Å². The van der Waals surface area contributed by atoms with Gasteiger partial charge in [0.05, 0.1) is 24.0 Å². The van der Waals surface area contributed by atoms with Crippen molar-refractivity contribution >= 4 is 23.7 Å². The van der Waals surface area contributed by atoms with Gasteiger partial charge in [0.1, 0.15) is 5.69 Å². The smallest absolute Gasteiger partial charge is 0.270 e. The van der Waals surface area contributed by atoms with Crippen molar-refractivity contribution in [3.63, 3.8) is 0 Å².